The van der Waals surface area contributed by atoms with Crippen molar-refractivity contribution in [2.24, 2.45) is 0 Å². The van der Waals surface area contributed by atoms with E-state index in [9.17, 15) is 9.36 Å². The maximum absolute atomic E-state index is 12.1. The zero-order valence-corrected chi connectivity index (χ0v) is 12.7. The Labute approximate surface area is 119 Å². The summed E-state index contributed by atoms with van der Waals surface area (Å²) >= 11 is 0. The third-order valence-corrected chi connectivity index (χ3v) is 3.35. The number of esters is 1. The van der Waals surface area contributed by atoms with Crippen molar-refractivity contribution in [3.63, 3.8) is 0 Å². The summed E-state index contributed by atoms with van der Waals surface area (Å²) in [6.07, 6.45) is 1.33. The van der Waals surface area contributed by atoms with Gasteiger partial charge in [-0.25, -0.2) is 9.36 Å². The summed E-state index contributed by atoms with van der Waals surface area (Å²) in [6, 6.07) is 1.56. The van der Waals surface area contributed by atoms with E-state index in [4.69, 9.17) is 18.8 Å². The molecular weight excluding hydrogens is 285 g/mol. The average Bonchev–Trinajstić information content (AvgIpc) is 2.46. The lowest BCUT2D eigenvalue weighted by molar-refractivity contribution is -0.139. The van der Waals surface area contributed by atoms with Crippen LogP contribution in [0.1, 0.15) is 26.7 Å². The summed E-state index contributed by atoms with van der Waals surface area (Å²) in [4.78, 5) is 11.1. The zero-order valence-electron chi connectivity index (χ0n) is 11.8. The van der Waals surface area contributed by atoms with E-state index in [1.165, 1.54) is 0 Å². The number of nitriles is 1. The van der Waals surface area contributed by atoms with Crippen LogP contribution in [0.2, 0.25) is 0 Å². The van der Waals surface area contributed by atoms with Crippen LogP contribution in [0.3, 0.4) is 0 Å². The smallest absolute Gasteiger partial charge is 0.459 e. The molecule has 0 aromatic rings. The Balaban J connectivity index is 4.14. The Morgan fingerprint density at radius 2 is 1.60 bits per heavy atom. The predicted octanol–water partition coefficient (Wildman–Crippen LogP) is 2.59. The Bertz CT molecular complexity index is 391. The maximum atomic E-state index is 12.1. The third-order valence-electron chi connectivity index (χ3n) is 1.85. The molecular formula is C12H20NO6P. The maximum Gasteiger partial charge on any atom is 0.474 e. The van der Waals surface area contributed by atoms with Gasteiger partial charge in [0.2, 0.25) is 0 Å². The second-order valence-corrected chi connectivity index (χ2v) is 5.34. The highest BCUT2D eigenvalue weighted by Crippen LogP contribution is 2.49. The molecule has 0 aliphatic carbocycles. The monoisotopic (exact) mass is 305 g/mol. The van der Waals surface area contributed by atoms with E-state index < -0.39 is 13.8 Å². The van der Waals surface area contributed by atoms with Crippen molar-refractivity contribution in [2.45, 2.75) is 26.7 Å². The van der Waals surface area contributed by atoms with Crippen LogP contribution < -0.4 is 0 Å². The molecule has 0 aromatic carbocycles. The van der Waals surface area contributed by atoms with E-state index >= 15 is 0 Å². The Morgan fingerprint density at radius 1 is 1.10 bits per heavy atom. The number of carbonyl (C=O) groups excluding carboxylic acids is 1. The van der Waals surface area contributed by atoms with E-state index in [0.29, 0.717) is 12.8 Å². The second kappa shape index (κ2) is 10.6. The van der Waals surface area contributed by atoms with Crippen LogP contribution in [0.25, 0.3) is 0 Å². The van der Waals surface area contributed by atoms with Gasteiger partial charge in [0.15, 0.2) is 0 Å². The lowest BCUT2D eigenvalue weighted by Gasteiger charge is -2.17. The van der Waals surface area contributed by atoms with Gasteiger partial charge < -0.3 is 4.74 Å². The number of phosphoric acid groups is 1. The molecule has 0 saturated heterocycles. The number of rotatable bonds is 11. The molecule has 0 rings (SSSR count). The number of hydrogen-bond acceptors (Lipinski definition) is 7. The first-order chi connectivity index (χ1) is 9.49. The Kier molecular flexibility index (Phi) is 9.95. The summed E-state index contributed by atoms with van der Waals surface area (Å²) in [5, 5.41) is 8.42. The molecule has 0 unspecified atom stereocenters. The number of phosphoric ester groups is 1. The van der Waals surface area contributed by atoms with Crippen molar-refractivity contribution in [1.82, 2.24) is 0 Å². The van der Waals surface area contributed by atoms with Gasteiger partial charge in [-0.3, -0.25) is 13.6 Å². The lowest BCUT2D eigenvalue weighted by Crippen LogP contribution is -2.12. The molecule has 0 N–H and O–H groups in total. The van der Waals surface area contributed by atoms with Crippen LogP contribution in [0.5, 0.6) is 0 Å². The van der Waals surface area contributed by atoms with Gasteiger partial charge in [-0.2, -0.15) is 5.26 Å². The van der Waals surface area contributed by atoms with Crippen molar-refractivity contribution in [1.29, 1.82) is 5.26 Å². The highest BCUT2D eigenvalue weighted by molar-refractivity contribution is 7.48. The first-order valence-electron chi connectivity index (χ1n) is 6.28. The van der Waals surface area contributed by atoms with Crippen molar-refractivity contribution in [3.8, 4) is 6.07 Å². The van der Waals surface area contributed by atoms with E-state index in [1.54, 1.807) is 6.07 Å². The molecule has 0 heterocycles. The van der Waals surface area contributed by atoms with Crippen molar-refractivity contribution in [3.05, 3.63) is 12.2 Å². The second-order valence-electron chi connectivity index (χ2n) is 3.67. The highest BCUT2D eigenvalue weighted by Gasteiger charge is 2.26. The fraction of sp³-hybridized carbons (Fsp3) is 0.667. The number of hydrogen-bond donors (Lipinski definition) is 0. The Morgan fingerprint density at radius 3 is 2.05 bits per heavy atom. The minimum atomic E-state index is -3.62. The quantitative estimate of drug-likeness (QED) is 0.190. The van der Waals surface area contributed by atoms with Gasteiger partial charge in [0.05, 0.1) is 19.8 Å². The minimum absolute atomic E-state index is 0.158. The van der Waals surface area contributed by atoms with Gasteiger partial charge >= 0.3 is 13.8 Å². The van der Waals surface area contributed by atoms with Gasteiger partial charge in [0.25, 0.3) is 0 Å². The molecule has 0 aliphatic rings. The largest absolute Gasteiger partial charge is 0.474 e. The zero-order chi connectivity index (χ0) is 15.4. The fourth-order valence-electron chi connectivity index (χ4n) is 0.934. The van der Waals surface area contributed by atoms with Crippen LogP contribution in [0.15, 0.2) is 12.2 Å². The molecule has 8 heteroatoms. The van der Waals surface area contributed by atoms with E-state index in [1.807, 2.05) is 13.8 Å². The van der Waals surface area contributed by atoms with E-state index in [-0.39, 0.29) is 32.0 Å². The summed E-state index contributed by atoms with van der Waals surface area (Å²) in [6.45, 7) is 7.08. The molecule has 0 saturated carbocycles. The third kappa shape index (κ3) is 8.08. The van der Waals surface area contributed by atoms with Crippen molar-refractivity contribution in [2.75, 3.05) is 26.4 Å². The normalized spacial score (nSPS) is 10.8. The molecule has 20 heavy (non-hydrogen) atoms. The average molecular weight is 305 g/mol. The van der Waals surface area contributed by atoms with Gasteiger partial charge in [0, 0.05) is 0 Å². The number of carbonyl (C=O) groups is 1. The standard InChI is InChI=1S/C12H20NO6P/c1-4-6-17-20(15,18-7-5-2)19-9-8-16-12(14)11(3)10-13/h3-9H2,1-2H3. The molecule has 7 nitrogen and oxygen atoms in total. The first-order valence-corrected chi connectivity index (χ1v) is 7.75. The van der Waals surface area contributed by atoms with Crippen LogP contribution in [0.4, 0.5) is 0 Å². The molecule has 0 radical (unpaired) electrons. The molecule has 114 valence electrons. The van der Waals surface area contributed by atoms with E-state index in [2.05, 4.69) is 11.3 Å². The molecule has 0 aromatic heterocycles. The molecule has 0 fully saturated rings. The van der Waals surface area contributed by atoms with Gasteiger partial charge in [-0.05, 0) is 12.8 Å². The number of ether oxygens (including phenoxy) is 1. The molecule has 0 spiro atoms. The van der Waals surface area contributed by atoms with Gasteiger partial charge in [-0.1, -0.05) is 20.4 Å². The summed E-state index contributed by atoms with van der Waals surface area (Å²) < 4.78 is 31.9. The minimum Gasteiger partial charge on any atom is -0.459 e. The Hall–Kier alpha value is -1.19. The van der Waals surface area contributed by atoms with Gasteiger partial charge in [0.1, 0.15) is 18.2 Å². The fourth-order valence-corrected chi connectivity index (χ4v) is 2.27. The van der Waals surface area contributed by atoms with Crippen LogP contribution in [0, 0.1) is 11.3 Å². The molecule has 0 atom stereocenters. The van der Waals surface area contributed by atoms with Crippen LogP contribution in [-0.2, 0) is 27.7 Å². The van der Waals surface area contributed by atoms with Crippen LogP contribution in [-0.4, -0.2) is 32.4 Å². The summed E-state index contributed by atoms with van der Waals surface area (Å²) in [5.41, 5.74) is -0.308. The molecule has 0 aliphatic heterocycles. The summed E-state index contributed by atoms with van der Waals surface area (Å²) in [5.74, 6) is -0.838. The van der Waals surface area contributed by atoms with E-state index in [0.717, 1.165) is 0 Å². The molecule has 0 bridgehead atoms. The topological polar surface area (TPSA) is 94.9 Å². The summed E-state index contributed by atoms with van der Waals surface area (Å²) in [7, 11) is -3.62. The SMILES string of the molecule is C=C(C#N)C(=O)OCCOP(=O)(OCCC)OCCC. The first kappa shape index (κ1) is 18.8. The predicted molar refractivity (Wildman–Crippen MR) is 71.8 cm³/mol. The van der Waals surface area contributed by atoms with Gasteiger partial charge in [-0.15, -0.1) is 0 Å². The lowest BCUT2D eigenvalue weighted by atomic mass is 10.3. The van der Waals surface area contributed by atoms with Crippen molar-refractivity contribution < 1.29 is 27.7 Å². The van der Waals surface area contributed by atoms with Crippen molar-refractivity contribution >= 4 is 13.8 Å². The number of nitrogens with zero attached hydrogens (tertiary/aromatic N) is 1. The van der Waals surface area contributed by atoms with Crippen LogP contribution >= 0.6 is 7.82 Å². The molecule has 0 amide bonds. The highest BCUT2D eigenvalue weighted by atomic mass is 31.2.